The van der Waals surface area contributed by atoms with Crippen molar-refractivity contribution in [1.82, 2.24) is 15.1 Å². The predicted molar refractivity (Wildman–Crippen MR) is 101 cm³/mol. The molecule has 1 aliphatic carbocycles. The number of fused-ring (bicyclic) bond motifs is 1. The quantitative estimate of drug-likeness (QED) is 0.887. The Morgan fingerprint density at radius 3 is 2.60 bits per heavy atom. The van der Waals surface area contributed by atoms with E-state index in [-0.39, 0.29) is 11.4 Å². The molecular formula is C20H28N4O. The van der Waals surface area contributed by atoms with Gasteiger partial charge in [-0.2, -0.15) is 5.10 Å². The Bertz CT molecular complexity index is 725. The topological polar surface area (TPSA) is 59.0 Å². The molecule has 0 atom stereocenters. The summed E-state index contributed by atoms with van der Waals surface area (Å²) in [6.45, 7) is 7.81. The third kappa shape index (κ3) is 4.41. The van der Waals surface area contributed by atoms with Crippen LogP contribution in [0.2, 0.25) is 0 Å². The minimum Gasteiger partial charge on any atom is -0.336 e. The number of nitrogens with zero attached hydrogens (tertiary/aromatic N) is 2. The summed E-state index contributed by atoms with van der Waals surface area (Å²) in [5.74, 6) is 0. The number of urea groups is 1. The lowest BCUT2D eigenvalue weighted by atomic mass is 9.87. The molecule has 0 aliphatic heterocycles. The normalized spacial score (nSPS) is 14.0. The molecule has 1 aromatic carbocycles. The summed E-state index contributed by atoms with van der Waals surface area (Å²) in [6, 6.07) is 7.84. The van der Waals surface area contributed by atoms with Gasteiger partial charge in [0.2, 0.25) is 0 Å². The Balaban J connectivity index is 1.47. The van der Waals surface area contributed by atoms with Crippen molar-refractivity contribution in [1.29, 1.82) is 0 Å². The van der Waals surface area contributed by atoms with E-state index in [4.69, 9.17) is 0 Å². The summed E-state index contributed by atoms with van der Waals surface area (Å²) in [5.41, 5.74) is 4.88. The number of nitrogens with one attached hydrogen (secondary N) is 2. The maximum atomic E-state index is 12.1. The molecule has 2 N–H and O–H groups in total. The van der Waals surface area contributed by atoms with Crippen LogP contribution in [-0.4, -0.2) is 22.4 Å². The molecule has 134 valence electrons. The van der Waals surface area contributed by atoms with Crippen LogP contribution in [0.3, 0.4) is 0 Å². The fourth-order valence-corrected chi connectivity index (χ4v) is 3.25. The van der Waals surface area contributed by atoms with Gasteiger partial charge in [0.15, 0.2) is 0 Å². The highest BCUT2D eigenvalue weighted by Gasteiger charge is 2.15. The number of anilines is 1. The number of aromatic nitrogens is 2. The highest BCUT2D eigenvalue weighted by atomic mass is 16.2. The van der Waals surface area contributed by atoms with Crippen LogP contribution >= 0.6 is 0 Å². The maximum absolute atomic E-state index is 12.1. The van der Waals surface area contributed by atoms with E-state index in [0.29, 0.717) is 13.1 Å². The predicted octanol–water partition coefficient (Wildman–Crippen LogP) is 3.88. The molecule has 0 saturated carbocycles. The van der Waals surface area contributed by atoms with Gasteiger partial charge in [-0.3, -0.25) is 4.68 Å². The number of aryl methyl sites for hydroxylation is 1. The summed E-state index contributed by atoms with van der Waals surface area (Å²) in [5, 5.41) is 10.2. The van der Waals surface area contributed by atoms with Gasteiger partial charge in [0.1, 0.15) is 0 Å². The van der Waals surface area contributed by atoms with E-state index in [1.807, 2.05) is 23.0 Å². The van der Waals surface area contributed by atoms with Crippen LogP contribution in [0.1, 0.15) is 50.4 Å². The summed E-state index contributed by atoms with van der Waals surface area (Å²) < 4.78 is 2.03. The second kappa shape index (κ2) is 7.30. The van der Waals surface area contributed by atoms with Crippen LogP contribution in [0.5, 0.6) is 0 Å². The van der Waals surface area contributed by atoms with Crippen molar-refractivity contribution in [3.8, 4) is 0 Å². The van der Waals surface area contributed by atoms with E-state index < -0.39 is 0 Å². The van der Waals surface area contributed by atoms with Gasteiger partial charge in [0.25, 0.3) is 0 Å². The first kappa shape index (κ1) is 17.5. The first-order valence-electron chi connectivity index (χ1n) is 9.12. The van der Waals surface area contributed by atoms with Crippen molar-refractivity contribution in [2.24, 2.45) is 0 Å². The number of amides is 2. The third-order valence-electron chi connectivity index (χ3n) is 4.76. The zero-order valence-electron chi connectivity index (χ0n) is 15.4. The number of carbonyl (C=O) groups is 1. The molecule has 0 bridgehead atoms. The van der Waals surface area contributed by atoms with Gasteiger partial charge in [0, 0.05) is 17.9 Å². The van der Waals surface area contributed by atoms with Crippen molar-refractivity contribution < 1.29 is 4.79 Å². The number of carbonyl (C=O) groups excluding carboxylic acids is 1. The van der Waals surface area contributed by atoms with Crippen LogP contribution in [-0.2, 0) is 24.8 Å². The van der Waals surface area contributed by atoms with E-state index in [1.54, 1.807) is 0 Å². The highest BCUT2D eigenvalue weighted by molar-refractivity contribution is 5.89. The maximum Gasteiger partial charge on any atom is 0.319 e. The second-order valence-corrected chi connectivity index (χ2v) is 7.76. The lowest BCUT2D eigenvalue weighted by molar-refractivity contribution is 0.251. The van der Waals surface area contributed by atoms with E-state index >= 15 is 0 Å². The fraction of sp³-hybridized carbons (Fsp3) is 0.500. The van der Waals surface area contributed by atoms with Crippen molar-refractivity contribution >= 4 is 11.7 Å². The Kier molecular flexibility index (Phi) is 5.11. The number of hydrogen-bond acceptors (Lipinski definition) is 2. The monoisotopic (exact) mass is 340 g/mol. The molecule has 2 aromatic rings. The Morgan fingerprint density at radius 1 is 1.16 bits per heavy atom. The average molecular weight is 340 g/mol. The van der Waals surface area contributed by atoms with Crippen molar-refractivity contribution in [3.63, 3.8) is 0 Å². The summed E-state index contributed by atoms with van der Waals surface area (Å²) in [6.07, 6.45) is 6.70. The molecule has 0 fully saturated rings. The molecule has 0 spiro atoms. The van der Waals surface area contributed by atoms with Crippen molar-refractivity contribution in [2.75, 3.05) is 11.9 Å². The molecule has 0 saturated heterocycles. The van der Waals surface area contributed by atoms with E-state index in [2.05, 4.69) is 48.6 Å². The molecule has 1 aromatic heterocycles. The minimum absolute atomic E-state index is 0.115. The zero-order chi connectivity index (χ0) is 17.9. The van der Waals surface area contributed by atoms with Crippen molar-refractivity contribution in [2.45, 2.75) is 58.4 Å². The van der Waals surface area contributed by atoms with E-state index in [9.17, 15) is 4.79 Å². The molecule has 25 heavy (non-hydrogen) atoms. The number of rotatable bonds is 4. The SMILES string of the molecule is CC(C)(C)c1ccc(NC(=O)NCCn2ncc3c2CCCC3)cc1. The number of benzene rings is 1. The Hall–Kier alpha value is -2.30. The summed E-state index contributed by atoms with van der Waals surface area (Å²) >= 11 is 0. The first-order valence-corrected chi connectivity index (χ1v) is 9.12. The Morgan fingerprint density at radius 2 is 1.88 bits per heavy atom. The van der Waals surface area contributed by atoms with E-state index in [1.165, 1.54) is 29.7 Å². The molecule has 5 heteroatoms. The molecule has 5 nitrogen and oxygen atoms in total. The molecule has 0 radical (unpaired) electrons. The number of hydrogen-bond donors (Lipinski definition) is 2. The van der Waals surface area contributed by atoms with Crippen LogP contribution in [0.15, 0.2) is 30.5 Å². The third-order valence-corrected chi connectivity index (χ3v) is 4.76. The van der Waals surface area contributed by atoms with Crippen LogP contribution in [0, 0.1) is 0 Å². The molecule has 1 aliphatic rings. The largest absolute Gasteiger partial charge is 0.336 e. The van der Waals surface area contributed by atoms with Gasteiger partial charge in [-0.15, -0.1) is 0 Å². The summed E-state index contributed by atoms with van der Waals surface area (Å²) in [7, 11) is 0. The minimum atomic E-state index is -0.176. The smallest absolute Gasteiger partial charge is 0.319 e. The van der Waals surface area contributed by atoms with Gasteiger partial charge in [-0.25, -0.2) is 4.79 Å². The van der Waals surface area contributed by atoms with Gasteiger partial charge < -0.3 is 10.6 Å². The fourth-order valence-electron chi connectivity index (χ4n) is 3.25. The molecule has 0 unspecified atom stereocenters. The standard InChI is InChI=1S/C20H28N4O/c1-20(2,3)16-8-10-17(11-9-16)23-19(25)21-12-13-24-18-7-5-4-6-15(18)14-22-24/h8-11,14H,4-7,12-13H2,1-3H3,(H2,21,23,25). The Labute approximate surface area is 149 Å². The molecule has 3 rings (SSSR count). The average Bonchev–Trinajstić information content (AvgIpc) is 2.98. The highest BCUT2D eigenvalue weighted by Crippen LogP contribution is 2.23. The molecular weight excluding hydrogens is 312 g/mol. The van der Waals surface area contributed by atoms with Gasteiger partial charge >= 0.3 is 6.03 Å². The molecule has 1 heterocycles. The zero-order valence-corrected chi connectivity index (χ0v) is 15.4. The summed E-state index contributed by atoms with van der Waals surface area (Å²) in [4.78, 5) is 12.1. The van der Waals surface area contributed by atoms with Crippen molar-refractivity contribution in [3.05, 3.63) is 47.3 Å². The van der Waals surface area contributed by atoms with Crippen LogP contribution in [0.4, 0.5) is 10.5 Å². The molecule has 2 amide bonds. The lowest BCUT2D eigenvalue weighted by Crippen LogP contribution is -2.32. The van der Waals surface area contributed by atoms with E-state index in [0.717, 1.165) is 18.5 Å². The van der Waals surface area contributed by atoms with Gasteiger partial charge in [-0.1, -0.05) is 32.9 Å². The van der Waals surface area contributed by atoms with Gasteiger partial charge in [-0.05, 0) is 54.4 Å². The second-order valence-electron chi connectivity index (χ2n) is 7.76. The first-order chi connectivity index (χ1) is 11.9. The van der Waals surface area contributed by atoms with Gasteiger partial charge in [0.05, 0.1) is 12.7 Å². The van der Waals surface area contributed by atoms with Crippen LogP contribution < -0.4 is 10.6 Å². The van der Waals surface area contributed by atoms with Crippen LogP contribution in [0.25, 0.3) is 0 Å². The lowest BCUT2D eigenvalue weighted by Gasteiger charge is -2.19.